The molecule has 0 unspecified atom stereocenters. The smallest absolute Gasteiger partial charge is 0.231 e. The summed E-state index contributed by atoms with van der Waals surface area (Å²) in [5, 5.41) is 0.615. The van der Waals surface area contributed by atoms with Crippen LogP contribution in [-0.4, -0.2) is 12.8 Å². The van der Waals surface area contributed by atoms with Crippen LogP contribution in [-0.2, 0) is 6.42 Å². The van der Waals surface area contributed by atoms with E-state index < -0.39 is 0 Å². The van der Waals surface area contributed by atoms with Crippen molar-refractivity contribution >= 4 is 11.6 Å². The maximum absolute atomic E-state index is 6.05. The van der Waals surface area contributed by atoms with E-state index in [-0.39, 0.29) is 12.8 Å². The minimum absolute atomic E-state index is 0.203. The Balaban J connectivity index is 2.16. The first-order valence-electron chi connectivity index (χ1n) is 5.00. The summed E-state index contributed by atoms with van der Waals surface area (Å²) in [5.74, 6) is 1.39. The zero-order valence-corrected chi connectivity index (χ0v) is 9.38. The largest absolute Gasteiger partial charge is 0.454 e. The van der Waals surface area contributed by atoms with Gasteiger partial charge in [0.1, 0.15) is 0 Å². The standard InChI is InChI=1S/C11H14ClNO2/c1-7(13)2-3-8-4-9(12)11-10(5-8)14-6-15-11/h4-5,7H,2-3,6,13H2,1H3/t7-/m1/s1. The predicted octanol–water partition coefficient (Wildman–Crippen LogP) is 2.35. The van der Waals surface area contributed by atoms with E-state index in [0.717, 1.165) is 24.2 Å². The summed E-state index contributed by atoms with van der Waals surface area (Å²) >= 11 is 6.05. The number of benzene rings is 1. The molecule has 2 N–H and O–H groups in total. The van der Waals surface area contributed by atoms with E-state index >= 15 is 0 Å². The molecule has 0 spiro atoms. The van der Waals surface area contributed by atoms with Crippen molar-refractivity contribution < 1.29 is 9.47 Å². The quantitative estimate of drug-likeness (QED) is 0.862. The van der Waals surface area contributed by atoms with Crippen LogP contribution in [0.2, 0.25) is 5.02 Å². The van der Waals surface area contributed by atoms with Crippen molar-refractivity contribution in [3.05, 3.63) is 22.7 Å². The van der Waals surface area contributed by atoms with Crippen LogP contribution < -0.4 is 15.2 Å². The molecule has 1 aliphatic rings. The lowest BCUT2D eigenvalue weighted by molar-refractivity contribution is 0.174. The molecule has 0 saturated heterocycles. The van der Waals surface area contributed by atoms with Gasteiger partial charge in [-0.05, 0) is 37.5 Å². The Morgan fingerprint density at radius 2 is 2.27 bits per heavy atom. The number of aryl methyl sites for hydroxylation is 1. The number of halogens is 1. The van der Waals surface area contributed by atoms with Gasteiger partial charge < -0.3 is 15.2 Å². The van der Waals surface area contributed by atoms with Crippen LogP contribution in [0.3, 0.4) is 0 Å². The van der Waals surface area contributed by atoms with Crippen LogP contribution in [0.4, 0.5) is 0 Å². The van der Waals surface area contributed by atoms with E-state index in [1.54, 1.807) is 0 Å². The van der Waals surface area contributed by atoms with E-state index in [9.17, 15) is 0 Å². The Morgan fingerprint density at radius 3 is 3.00 bits per heavy atom. The third-order valence-corrected chi connectivity index (χ3v) is 2.66. The fourth-order valence-corrected chi connectivity index (χ4v) is 1.85. The number of hydrogen-bond acceptors (Lipinski definition) is 3. The molecular formula is C11H14ClNO2. The maximum Gasteiger partial charge on any atom is 0.231 e. The number of nitrogens with two attached hydrogens (primary N) is 1. The molecule has 15 heavy (non-hydrogen) atoms. The molecule has 1 aliphatic heterocycles. The first kappa shape index (κ1) is 10.6. The van der Waals surface area contributed by atoms with E-state index in [2.05, 4.69) is 0 Å². The first-order chi connectivity index (χ1) is 7.16. The van der Waals surface area contributed by atoms with Gasteiger partial charge in [0.05, 0.1) is 5.02 Å². The van der Waals surface area contributed by atoms with Crippen molar-refractivity contribution in [1.29, 1.82) is 0 Å². The lowest BCUT2D eigenvalue weighted by Crippen LogP contribution is -2.15. The van der Waals surface area contributed by atoms with Gasteiger partial charge in [-0.15, -0.1) is 0 Å². The van der Waals surface area contributed by atoms with Gasteiger partial charge in [0, 0.05) is 6.04 Å². The second kappa shape index (κ2) is 4.29. The molecule has 0 aliphatic carbocycles. The number of rotatable bonds is 3. The second-order valence-corrected chi connectivity index (χ2v) is 4.23. The monoisotopic (exact) mass is 227 g/mol. The van der Waals surface area contributed by atoms with Gasteiger partial charge in [-0.3, -0.25) is 0 Å². The topological polar surface area (TPSA) is 44.5 Å². The Labute approximate surface area is 94.1 Å². The molecule has 0 saturated carbocycles. The molecule has 3 nitrogen and oxygen atoms in total. The van der Waals surface area contributed by atoms with Gasteiger partial charge in [0.2, 0.25) is 6.79 Å². The highest BCUT2D eigenvalue weighted by molar-refractivity contribution is 6.32. The van der Waals surface area contributed by atoms with Crippen molar-refractivity contribution in [1.82, 2.24) is 0 Å². The van der Waals surface area contributed by atoms with Crippen molar-refractivity contribution in [2.45, 2.75) is 25.8 Å². The summed E-state index contributed by atoms with van der Waals surface area (Å²) in [7, 11) is 0. The molecule has 0 fully saturated rings. The first-order valence-corrected chi connectivity index (χ1v) is 5.38. The SMILES string of the molecule is C[C@@H](N)CCc1cc(Cl)c2c(c1)OCO2. The fourth-order valence-electron chi connectivity index (χ4n) is 1.56. The molecule has 0 bridgehead atoms. The Bertz CT molecular complexity index is 366. The van der Waals surface area contributed by atoms with Gasteiger partial charge in [-0.2, -0.15) is 0 Å². The Hall–Kier alpha value is -0.930. The summed E-state index contributed by atoms with van der Waals surface area (Å²) in [5.41, 5.74) is 6.84. The molecule has 0 amide bonds. The van der Waals surface area contributed by atoms with Gasteiger partial charge in [-0.25, -0.2) is 0 Å². The molecule has 0 aromatic heterocycles. The van der Waals surface area contributed by atoms with Crippen LogP contribution in [0.15, 0.2) is 12.1 Å². The summed E-state index contributed by atoms with van der Waals surface area (Å²) in [6, 6.07) is 4.09. The average Bonchev–Trinajstić information content (AvgIpc) is 2.63. The molecule has 1 atom stereocenters. The summed E-state index contributed by atoms with van der Waals surface area (Å²) in [6.07, 6.45) is 1.85. The van der Waals surface area contributed by atoms with Crippen LogP contribution >= 0.6 is 11.6 Å². The van der Waals surface area contributed by atoms with Gasteiger partial charge in [0.15, 0.2) is 11.5 Å². The van der Waals surface area contributed by atoms with Crippen LogP contribution in [0.25, 0.3) is 0 Å². The van der Waals surface area contributed by atoms with Crippen molar-refractivity contribution in [3.8, 4) is 11.5 Å². The molecular weight excluding hydrogens is 214 g/mol. The zero-order chi connectivity index (χ0) is 10.8. The van der Waals surface area contributed by atoms with Crippen molar-refractivity contribution in [2.75, 3.05) is 6.79 Å². The number of fused-ring (bicyclic) bond motifs is 1. The van der Waals surface area contributed by atoms with Gasteiger partial charge >= 0.3 is 0 Å². The Kier molecular flexibility index (Phi) is 3.03. The molecule has 0 radical (unpaired) electrons. The van der Waals surface area contributed by atoms with Crippen LogP contribution in [0, 0.1) is 0 Å². The normalized spacial score (nSPS) is 15.4. The molecule has 1 aromatic rings. The number of ether oxygens (including phenoxy) is 2. The summed E-state index contributed by atoms with van der Waals surface area (Å²) in [4.78, 5) is 0. The molecule has 1 aromatic carbocycles. The Morgan fingerprint density at radius 1 is 1.47 bits per heavy atom. The highest BCUT2D eigenvalue weighted by atomic mass is 35.5. The lowest BCUT2D eigenvalue weighted by atomic mass is 10.1. The molecule has 2 rings (SSSR count). The molecule has 82 valence electrons. The van der Waals surface area contributed by atoms with Gasteiger partial charge in [-0.1, -0.05) is 11.6 Å². The van der Waals surface area contributed by atoms with E-state index in [1.807, 2.05) is 19.1 Å². The van der Waals surface area contributed by atoms with Crippen LogP contribution in [0.1, 0.15) is 18.9 Å². The van der Waals surface area contributed by atoms with Crippen LogP contribution in [0.5, 0.6) is 11.5 Å². The third-order valence-electron chi connectivity index (χ3n) is 2.38. The summed E-state index contributed by atoms with van der Waals surface area (Å²) in [6.45, 7) is 2.25. The van der Waals surface area contributed by atoms with E-state index in [0.29, 0.717) is 10.8 Å². The zero-order valence-electron chi connectivity index (χ0n) is 8.63. The van der Waals surface area contributed by atoms with E-state index in [1.165, 1.54) is 0 Å². The lowest BCUT2D eigenvalue weighted by Gasteiger charge is -2.07. The predicted molar refractivity (Wildman–Crippen MR) is 59.5 cm³/mol. The second-order valence-electron chi connectivity index (χ2n) is 3.83. The highest BCUT2D eigenvalue weighted by Crippen LogP contribution is 2.39. The fraction of sp³-hybridized carbons (Fsp3) is 0.455. The minimum atomic E-state index is 0.203. The van der Waals surface area contributed by atoms with Gasteiger partial charge in [0.25, 0.3) is 0 Å². The minimum Gasteiger partial charge on any atom is -0.454 e. The van der Waals surface area contributed by atoms with Crippen molar-refractivity contribution in [3.63, 3.8) is 0 Å². The molecule has 1 heterocycles. The number of hydrogen-bond donors (Lipinski definition) is 1. The summed E-state index contributed by atoms with van der Waals surface area (Å²) < 4.78 is 10.5. The van der Waals surface area contributed by atoms with Crippen molar-refractivity contribution in [2.24, 2.45) is 5.73 Å². The highest BCUT2D eigenvalue weighted by Gasteiger charge is 2.18. The maximum atomic E-state index is 6.05. The third kappa shape index (κ3) is 2.36. The average molecular weight is 228 g/mol. The van der Waals surface area contributed by atoms with E-state index in [4.69, 9.17) is 26.8 Å². The molecule has 4 heteroatoms.